The molecule has 2 atom stereocenters. The topological polar surface area (TPSA) is 69.6 Å². The zero-order valence-electron chi connectivity index (χ0n) is 45.9. The van der Waals surface area contributed by atoms with Crippen LogP contribution in [-0.4, -0.2) is 34.9 Å². The molecule has 0 aromatic rings. The molecule has 0 aliphatic heterocycles. The molecule has 0 saturated carbocycles. The molecule has 3 N–H and O–H groups in total. The van der Waals surface area contributed by atoms with E-state index in [4.69, 9.17) is 0 Å². The molecule has 0 heterocycles. The van der Waals surface area contributed by atoms with Crippen LogP contribution in [0.25, 0.3) is 0 Å². The van der Waals surface area contributed by atoms with Gasteiger partial charge in [-0.25, -0.2) is 0 Å². The molecule has 4 heteroatoms. The summed E-state index contributed by atoms with van der Waals surface area (Å²) in [6, 6.07) is -0.647. The first kappa shape index (κ1) is 66.1. The largest absolute Gasteiger partial charge is 0.394 e. The minimum Gasteiger partial charge on any atom is -0.394 e. The highest BCUT2D eigenvalue weighted by Crippen LogP contribution is 2.17. The first-order valence-corrected chi connectivity index (χ1v) is 30.5. The van der Waals surface area contributed by atoms with Gasteiger partial charge in [-0.1, -0.05) is 299 Å². The summed E-state index contributed by atoms with van der Waals surface area (Å²) < 4.78 is 0. The SMILES string of the molecule is CCCCCCC/C=C\C/C=C\CCCCCCCCCCCCCCCCCCCCCC(=O)NC(CO)C(O)/C=C/CC/C=C/CC/C=C/CCCCCCCCCCCCCCCCC. The Bertz CT molecular complexity index is 1120. The van der Waals surface area contributed by atoms with Crippen molar-refractivity contribution >= 4 is 5.91 Å². The van der Waals surface area contributed by atoms with Crippen LogP contribution in [0.5, 0.6) is 0 Å². The van der Waals surface area contributed by atoms with Gasteiger partial charge in [-0.2, -0.15) is 0 Å². The summed E-state index contributed by atoms with van der Waals surface area (Å²) in [5.74, 6) is -0.0739. The van der Waals surface area contributed by atoms with Gasteiger partial charge in [-0.3, -0.25) is 4.79 Å². The Morgan fingerprint density at radius 3 is 0.941 bits per heavy atom. The van der Waals surface area contributed by atoms with Crippen LogP contribution in [0.1, 0.15) is 322 Å². The fraction of sp³-hybridized carbons (Fsp3) is 0.828. The van der Waals surface area contributed by atoms with Crippen molar-refractivity contribution in [2.45, 2.75) is 334 Å². The molecule has 0 aromatic heterocycles. The summed E-state index contributed by atoms with van der Waals surface area (Å²) in [5.41, 5.74) is 0. The fourth-order valence-electron chi connectivity index (χ4n) is 9.30. The first-order valence-electron chi connectivity index (χ1n) is 30.5. The van der Waals surface area contributed by atoms with Crippen LogP contribution in [0.4, 0.5) is 0 Å². The maximum Gasteiger partial charge on any atom is 0.220 e. The lowest BCUT2D eigenvalue weighted by Gasteiger charge is -2.19. The van der Waals surface area contributed by atoms with Gasteiger partial charge in [0.25, 0.3) is 0 Å². The summed E-state index contributed by atoms with van der Waals surface area (Å²) in [6.07, 6.45) is 84.1. The summed E-state index contributed by atoms with van der Waals surface area (Å²) in [7, 11) is 0. The highest BCUT2D eigenvalue weighted by Gasteiger charge is 2.18. The third kappa shape index (κ3) is 55.0. The second kappa shape index (κ2) is 59.4. The van der Waals surface area contributed by atoms with E-state index in [1.165, 1.54) is 257 Å². The molecule has 0 aromatic carbocycles. The number of carbonyl (C=O) groups excluding carboxylic acids is 1. The van der Waals surface area contributed by atoms with E-state index in [0.29, 0.717) is 6.42 Å². The molecule has 398 valence electrons. The Morgan fingerprint density at radius 2 is 0.618 bits per heavy atom. The number of unbranched alkanes of at least 4 members (excludes halogenated alkanes) is 41. The molecule has 1 amide bonds. The summed E-state index contributed by atoms with van der Waals surface area (Å²) >= 11 is 0. The number of carbonyl (C=O) groups is 1. The van der Waals surface area contributed by atoms with Gasteiger partial charge >= 0.3 is 0 Å². The van der Waals surface area contributed by atoms with Gasteiger partial charge in [0.2, 0.25) is 5.91 Å². The highest BCUT2D eigenvalue weighted by atomic mass is 16.3. The van der Waals surface area contributed by atoms with E-state index in [2.05, 4.69) is 67.8 Å². The number of rotatable bonds is 56. The van der Waals surface area contributed by atoms with Crippen LogP contribution in [-0.2, 0) is 4.79 Å². The molecule has 0 saturated heterocycles. The van der Waals surface area contributed by atoms with Crippen LogP contribution < -0.4 is 5.32 Å². The normalized spacial score (nSPS) is 13.2. The highest BCUT2D eigenvalue weighted by molar-refractivity contribution is 5.76. The molecule has 4 nitrogen and oxygen atoms in total. The summed E-state index contributed by atoms with van der Waals surface area (Å²) in [4.78, 5) is 12.5. The van der Waals surface area contributed by atoms with E-state index in [1.54, 1.807) is 6.08 Å². The average Bonchev–Trinajstić information content (AvgIpc) is 3.34. The number of hydrogen-bond acceptors (Lipinski definition) is 3. The van der Waals surface area contributed by atoms with Crippen LogP contribution in [0.3, 0.4) is 0 Å². The van der Waals surface area contributed by atoms with Gasteiger partial charge in [0.1, 0.15) is 0 Å². The van der Waals surface area contributed by atoms with E-state index in [0.717, 1.165) is 44.9 Å². The van der Waals surface area contributed by atoms with Crippen molar-refractivity contribution in [3.63, 3.8) is 0 Å². The molecule has 0 bridgehead atoms. The van der Waals surface area contributed by atoms with Crippen LogP contribution in [0.15, 0.2) is 60.8 Å². The third-order valence-corrected chi connectivity index (χ3v) is 14.0. The van der Waals surface area contributed by atoms with Crippen molar-refractivity contribution in [3.05, 3.63) is 60.8 Å². The lowest BCUT2D eigenvalue weighted by Crippen LogP contribution is -2.45. The fourth-order valence-corrected chi connectivity index (χ4v) is 9.30. The number of amides is 1. The maximum absolute atomic E-state index is 12.5. The van der Waals surface area contributed by atoms with Crippen LogP contribution in [0.2, 0.25) is 0 Å². The standard InChI is InChI=1S/C64H119NO3/c1-3-5-7-9-11-13-15-17-19-21-23-25-27-29-30-31-32-33-34-36-38-40-42-44-46-48-50-52-54-56-58-60-64(68)65-62(61-66)63(67)59-57-55-53-51-49-47-45-43-41-39-37-35-28-26-24-22-20-18-16-14-12-10-8-6-4-2/h15,17,21,23,41,43,49,51,57,59,62-63,66-67H,3-14,16,18-20,22,24-40,42,44-48,50,52-56,58,60-61H2,1-2H3,(H,65,68)/b17-15-,23-21-,43-41+,51-49+,59-57+. The van der Waals surface area contributed by atoms with Gasteiger partial charge in [-0.15, -0.1) is 0 Å². The molecule has 0 fully saturated rings. The molecule has 0 spiro atoms. The molecular weight excluding hydrogens is 831 g/mol. The lowest BCUT2D eigenvalue weighted by molar-refractivity contribution is -0.123. The monoisotopic (exact) mass is 950 g/mol. The van der Waals surface area contributed by atoms with Gasteiger partial charge in [0.15, 0.2) is 0 Å². The molecule has 0 radical (unpaired) electrons. The van der Waals surface area contributed by atoms with Gasteiger partial charge in [0, 0.05) is 6.42 Å². The molecule has 0 aliphatic rings. The number of allylic oxidation sites excluding steroid dienone is 9. The zero-order chi connectivity index (χ0) is 49.2. The number of nitrogens with one attached hydrogen (secondary N) is 1. The van der Waals surface area contributed by atoms with E-state index in [-0.39, 0.29) is 12.5 Å². The Hall–Kier alpha value is -1.91. The van der Waals surface area contributed by atoms with E-state index in [9.17, 15) is 15.0 Å². The van der Waals surface area contributed by atoms with Crippen LogP contribution in [0, 0.1) is 0 Å². The summed E-state index contributed by atoms with van der Waals surface area (Å²) in [6.45, 7) is 4.31. The maximum atomic E-state index is 12.5. The van der Waals surface area contributed by atoms with Crippen molar-refractivity contribution in [3.8, 4) is 0 Å². The summed E-state index contributed by atoms with van der Waals surface area (Å²) in [5, 5.41) is 23.2. The molecule has 2 unspecified atom stereocenters. The van der Waals surface area contributed by atoms with E-state index >= 15 is 0 Å². The zero-order valence-corrected chi connectivity index (χ0v) is 45.9. The Balaban J connectivity index is 3.52. The van der Waals surface area contributed by atoms with Crippen LogP contribution >= 0.6 is 0 Å². The first-order chi connectivity index (χ1) is 33.7. The minimum atomic E-state index is -0.872. The average molecular weight is 951 g/mol. The quantitative estimate of drug-likeness (QED) is 0.0420. The molecular formula is C64H119NO3. The Kier molecular flexibility index (Phi) is 57.7. The molecule has 68 heavy (non-hydrogen) atoms. The second-order valence-electron chi connectivity index (χ2n) is 20.7. The van der Waals surface area contributed by atoms with Crippen molar-refractivity contribution in [2.24, 2.45) is 0 Å². The van der Waals surface area contributed by atoms with Gasteiger partial charge in [-0.05, 0) is 77.0 Å². The third-order valence-electron chi connectivity index (χ3n) is 14.0. The van der Waals surface area contributed by atoms with Crippen molar-refractivity contribution < 1.29 is 15.0 Å². The lowest BCUT2D eigenvalue weighted by atomic mass is 10.0. The predicted molar refractivity (Wildman–Crippen MR) is 304 cm³/mol. The van der Waals surface area contributed by atoms with Gasteiger partial charge in [0.05, 0.1) is 18.8 Å². The van der Waals surface area contributed by atoms with E-state index in [1.807, 2.05) is 6.08 Å². The molecule has 0 rings (SSSR count). The Morgan fingerprint density at radius 1 is 0.353 bits per heavy atom. The number of hydrogen-bond donors (Lipinski definition) is 3. The second-order valence-corrected chi connectivity index (χ2v) is 20.7. The molecule has 0 aliphatic carbocycles. The van der Waals surface area contributed by atoms with E-state index < -0.39 is 12.1 Å². The van der Waals surface area contributed by atoms with Crippen molar-refractivity contribution in [2.75, 3.05) is 6.61 Å². The number of aliphatic hydroxyl groups is 2. The number of aliphatic hydroxyl groups excluding tert-OH is 2. The predicted octanol–water partition coefficient (Wildman–Crippen LogP) is 20.4. The van der Waals surface area contributed by atoms with Crippen molar-refractivity contribution in [1.82, 2.24) is 5.32 Å². The minimum absolute atomic E-state index is 0.0739. The smallest absolute Gasteiger partial charge is 0.220 e. The van der Waals surface area contributed by atoms with Gasteiger partial charge < -0.3 is 15.5 Å². The Labute approximate surface area is 426 Å². The van der Waals surface area contributed by atoms with Crippen molar-refractivity contribution in [1.29, 1.82) is 0 Å².